The first-order chi connectivity index (χ1) is 17.4. The van der Waals surface area contributed by atoms with Gasteiger partial charge in [-0.15, -0.1) is 11.3 Å². The molecule has 0 bridgehead atoms. The van der Waals surface area contributed by atoms with Crippen LogP contribution in [0, 0.1) is 0 Å². The summed E-state index contributed by atoms with van der Waals surface area (Å²) in [5.74, 6) is 0. The molecule has 2 saturated heterocycles. The van der Waals surface area contributed by atoms with Crippen molar-refractivity contribution in [2.45, 2.75) is 48.0 Å². The minimum atomic E-state index is -4.83. The van der Waals surface area contributed by atoms with E-state index in [-0.39, 0.29) is 47.6 Å². The van der Waals surface area contributed by atoms with Crippen molar-refractivity contribution in [2.75, 3.05) is 50.9 Å². The van der Waals surface area contributed by atoms with Crippen molar-refractivity contribution >= 4 is 27.0 Å². The zero-order valence-corrected chi connectivity index (χ0v) is 22.3. The fourth-order valence-electron chi connectivity index (χ4n) is 4.88. The minimum absolute atomic E-state index is 0.0127. The summed E-state index contributed by atoms with van der Waals surface area (Å²) in [4.78, 5) is 4.09. The number of morpholine rings is 1. The lowest BCUT2D eigenvalue weighted by atomic mass is 9.95. The minimum Gasteiger partial charge on any atom is -0.395 e. The highest BCUT2D eigenvalue weighted by molar-refractivity contribution is 7.91. The smallest absolute Gasteiger partial charge is 0.395 e. The molecule has 4 rings (SSSR count). The van der Waals surface area contributed by atoms with E-state index in [1.165, 1.54) is 28.6 Å². The van der Waals surface area contributed by atoms with E-state index in [4.69, 9.17) is 4.74 Å². The molecule has 2 N–H and O–H groups in total. The highest BCUT2D eigenvalue weighted by Crippen LogP contribution is 2.39. The molecule has 1 aromatic carbocycles. The average molecular weight is 564 g/mol. The van der Waals surface area contributed by atoms with E-state index in [0.717, 1.165) is 11.3 Å². The second-order valence-electron chi connectivity index (χ2n) is 9.68. The summed E-state index contributed by atoms with van der Waals surface area (Å²) in [5.41, 5.74) is -2.64. The first-order valence-corrected chi connectivity index (χ1v) is 14.3. The molecule has 2 aliphatic heterocycles. The van der Waals surface area contributed by atoms with Gasteiger partial charge in [-0.05, 0) is 43.0 Å². The Bertz CT molecular complexity index is 1140. The van der Waals surface area contributed by atoms with Gasteiger partial charge in [0.1, 0.15) is 4.21 Å². The number of benzene rings is 1. The van der Waals surface area contributed by atoms with Crippen molar-refractivity contribution in [1.82, 2.24) is 9.21 Å². The van der Waals surface area contributed by atoms with Gasteiger partial charge in [-0.25, -0.2) is 8.42 Å². The highest BCUT2D eigenvalue weighted by atomic mass is 32.2. The fraction of sp³-hybridized carbons (Fsp3) is 0.583. The first kappa shape index (κ1) is 28.3. The van der Waals surface area contributed by atoms with E-state index in [2.05, 4.69) is 4.90 Å². The molecule has 2 aliphatic rings. The van der Waals surface area contributed by atoms with Crippen LogP contribution in [0.15, 0.2) is 46.0 Å². The van der Waals surface area contributed by atoms with Gasteiger partial charge in [-0.1, -0.05) is 18.2 Å². The molecule has 1 unspecified atom stereocenters. The summed E-state index contributed by atoms with van der Waals surface area (Å²) in [6.07, 6.45) is -4.83. The van der Waals surface area contributed by atoms with Crippen molar-refractivity contribution in [3.8, 4) is 0 Å². The molecule has 206 valence electrons. The maximum absolute atomic E-state index is 13.3. The van der Waals surface area contributed by atoms with Crippen LogP contribution in [0.3, 0.4) is 0 Å². The van der Waals surface area contributed by atoms with Crippen LogP contribution in [0.25, 0.3) is 0 Å². The second kappa shape index (κ2) is 10.8. The van der Waals surface area contributed by atoms with Gasteiger partial charge >= 0.3 is 6.18 Å². The third kappa shape index (κ3) is 5.68. The maximum Gasteiger partial charge on any atom is 0.421 e. The van der Waals surface area contributed by atoms with E-state index >= 15 is 0 Å². The summed E-state index contributed by atoms with van der Waals surface area (Å²) in [5, 5.41) is 21.7. The number of halogens is 3. The van der Waals surface area contributed by atoms with Gasteiger partial charge < -0.3 is 19.8 Å². The molecular weight excluding hydrogens is 531 g/mol. The fourth-order valence-corrected chi connectivity index (χ4v) is 7.49. The van der Waals surface area contributed by atoms with Crippen LogP contribution in [0.5, 0.6) is 0 Å². The molecule has 0 radical (unpaired) electrons. The predicted octanol–water partition coefficient (Wildman–Crippen LogP) is 2.48. The molecule has 8 nitrogen and oxygen atoms in total. The number of piperazine rings is 1. The number of anilines is 1. The molecule has 1 aromatic heterocycles. The van der Waals surface area contributed by atoms with E-state index in [1.807, 2.05) is 11.8 Å². The number of hydrogen-bond donors (Lipinski definition) is 2. The Balaban J connectivity index is 1.63. The van der Waals surface area contributed by atoms with E-state index in [1.54, 1.807) is 17.5 Å². The highest BCUT2D eigenvalue weighted by Gasteiger charge is 2.51. The van der Waals surface area contributed by atoms with Gasteiger partial charge in [0.15, 0.2) is 5.60 Å². The number of thiophene rings is 1. The third-order valence-electron chi connectivity index (χ3n) is 7.18. The number of ether oxygens (including phenoxy) is 1. The Morgan fingerprint density at radius 1 is 1.11 bits per heavy atom. The van der Waals surface area contributed by atoms with Crippen molar-refractivity contribution in [3.05, 3.63) is 47.3 Å². The van der Waals surface area contributed by atoms with Crippen molar-refractivity contribution in [2.24, 2.45) is 0 Å². The molecule has 37 heavy (non-hydrogen) atoms. The van der Waals surface area contributed by atoms with Crippen molar-refractivity contribution in [3.63, 3.8) is 0 Å². The van der Waals surface area contributed by atoms with Gasteiger partial charge in [0, 0.05) is 37.9 Å². The molecule has 0 spiro atoms. The molecule has 13 heteroatoms. The van der Waals surface area contributed by atoms with E-state index in [9.17, 15) is 31.8 Å². The normalized spacial score (nSPS) is 26.2. The summed E-state index contributed by atoms with van der Waals surface area (Å²) in [7, 11) is -3.70. The SMILES string of the molecule is CC1COC[C@H](CO)N1C[C@H]1CN(S(=O)(=O)c2cccs2)CCN1c1ccc([C@@](C)(O)C(F)(F)F)cc1. The summed E-state index contributed by atoms with van der Waals surface area (Å²) < 4.78 is 73.8. The predicted molar refractivity (Wildman–Crippen MR) is 134 cm³/mol. The van der Waals surface area contributed by atoms with Crippen LogP contribution in [-0.4, -0.2) is 98.1 Å². The Hall–Kier alpha value is -1.74. The van der Waals surface area contributed by atoms with Gasteiger partial charge in [-0.3, -0.25) is 4.90 Å². The molecule has 0 aliphatic carbocycles. The van der Waals surface area contributed by atoms with Crippen LogP contribution in [0.4, 0.5) is 18.9 Å². The van der Waals surface area contributed by atoms with Gasteiger partial charge in [0.2, 0.25) is 0 Å². The summed E-state index contributed by atoms with van der Waals surface area (Å²) in [6, 6.07) is 8.21. The van der Waals surface area contributed by atoms with Crippen LogP contribution >= 0.6 is 11.3 Å². The average Bonchev–Trinajstić information content (AvgIpc) is 3.41. The lowest BCUT2D eigenvalue weighted by Crippen LogP contribution is -2.62. The lowest BCUT2D eigenvalue weighted by molar-refractivity contribution is -0.258. The van der Waals surface area contributed by atoms with Gasteiger partial charge in [0.05, 0.1) is 31.9 Å². The maximum atomic E-state index is 13.3. The number of aliphatic hydroxyl groups excluding tert-OH is 1. The third-order valence-corrected chi connectivity index (χ3v) is 10.4. The number of aliphatic hydroxyl groups is 2. The standard InChI is InChI=1S/C24H32F3N3O5S2/c1-17-15-35-16-21(14-31)30(17)13-20-12-28(37(33,34)22-4-3-11-36-22)9-10-29(20)19-7-5-18(6-8-19)23(2,32)24(25,26)27/h3-8,11,17,20-21,31-32H,9-10,12-16H2,1-2H3/t17?,20-,21+,23-/m1/s1. The number of hydrogen-bond acceptors (Lipinski definition) is 8. The summed E-state index contributed by atoms with van der Waals surface area (Å²) in [6.45, 7) is 4.53. The molecule has 3 heterocycles. The van der Waals surface area contributed by atoms with E-state index in [0.29, 0.717) is 38.9 Å². The number of sulfonamides is 1. The van der Waals surface area contributed by atoms with Crippen LogP contribution < -0.4 is 4.90 Å². The zero-order valence-electron chi connectivity index (χ0n) is 20.6. The van der Waals surface area contributed by atoms with Crippen LogP contribution in [-0.2, 0) is 20.4 Å². The molecule has 2 aromatic rings. The molecular formula is C24H32F3N3O5S2. The monoisotopic (exact) mass is 563 g/mol. The largest absolute Gasteiger partial charge is 0.421 e. The molecule has 2 fully saturated rings. The Morgan fingerprint density at radius 2 is 1.81 bits per heavy atom. The van der Waals surface area contributed by atoms with Gasteiger partial charge in [0.25, 0.3) is 10.0 Å². The Labute approximate surface area is 218 Å². The number of alkyl halides is 3. The lowest BCUT2D eigenvalue weighted by Gasteiger charge is -2.47. The number of nitrogens with zero attached hydrogens (tertiary/aromatic N) is 3. The zero-order chi connectivity index (χ0) is 27.0. The molecule has 4 atom stereocenters. The quantitative estimate of drug-likeness (QED) is 0.535. The Kier molecular flexibility index (Phi) is 8.25. The molecule has 0 amide bonds. The summed E-state index contributed by atoms with van der Waals surface area (Å²) >= 11 is 1.15. The molecule has 0 saturated carbocycles. The first-order valence-electron chi connectivity index (χ1n) is 12.0. The number of rotatable bonds is 7. The van der Waals surface area contributed by atoms with Crippen LogP contribution in [0.1, 0.15) is 19.4 Å². The van der Waals surface area contributed by atoms with E-state index < -0.39 is 21.8 Å². The van der Waals surface area contributed by atoms with Crippen molar-refractivity contribution in [1.29, 1.82) is 0 Å². The van der Waals surface area contributed by atoms with Crippen LogP contribution in [0.2, 0.25) is 0 Å². The van der Waals surface area contributed by atoms with Gasteiger partial charge in [-0.2, -0.15) is 17.5 Å². The Morgan fingerprint density at radius 3 is 2.41 bits per heavy atom. The topological polar surface area (TPSA) is 93.6 Å². The second-order valence-corrected chi connectivity index (χ2v) is 12.8. The van der Waals surface area contributed by atoms with Crippen molar-refractivity contribution < 1.29 is 36.5 Å².